The van der Waals surface area contributed by atoms with Crippen LogP contribution in [0.2, 0.25) is 0 Å². The Morgan fingerprint density at radius 2 is 1.52 bits per heavy atom. The molecule has 0 spiro atoms. The van der Waals surface area contributed by atoms with E-state index in [1.54, 1.807) is 18.2 Å². The molecule has 4 rings (SSSR count). The quantitative estimate of drug-likeness (QED) is 0.293. The standard InChI is InChI=1S/C30H24O3/c1-33-29(32)27-20-19-26(18-17-23-11-5-2-6-12-23)30(27,22-21-24-13-7-3-8-14-24)28(31)25-15-9-4-10-16-25/h2-18,20,26H,19H2,1H3/b18-17+/t26-,30+/m1/s1. The van der Waals surface area contributed by atoms with Gasteiger partial charge in [-0.1, -0.05) is 109 Å². The van der Waals surface area contributed by atoms with Crippen LogP contribution in [0.25, 0.3) is 6.08 Å². The number of esters is 1. The van der Waals surface area contributed by atoms with Gasteiger partial charge in [-0.2, -0.15) is 0 Å². The van der Waals surface area contributed by atoms with Gasteiger partial charge in [0.25, 0.3) is 0 Å². The van der Waals surface area contributed by atoms with Crippen LogP contribution in [0.3, 0.4) is 0 Å². The monoisotopic (exact) mass is 432 g/mol. The van der Waals surface area contributed by atoms with E-state index in [-0.39, 0.29) is 11.7 Å². The Hall–Kier alpha value is -4.16. The van der Waals surface area contributed by atoms with Crippen LogP contribution in [0.5, 0.6) is 0 Å². The Kier molecular flexibility index (Phi) is 6.66. The van der Waals surface area contributed by atoms with Crippen molar-refractivity contribution < 1.29 is 14.3 Å². The molecular formula is C30H24O3. The highest BCUT2D eigenvalue weighted by atomic mass is 16.5. The van der Waals surface area contributed by atoms with Gasteiger partial charge in [-0.25, -0.2) is 4.79 Å². The van der Waals surface area contributed by atoms with Gasteiger partial charge in [0.2, 0.25) is 0 Å². The van der Waals surface area contributed by atoms with E-state index in [0.717, 1.165) is 11.1 Å². The summed E-state index contributed by atoms with van der Waals surface area (Å²) in [5.41, 5.74) is 1.25. The summed E-state index contributed by atoms with van der Waals surface area (Å²) < 4.78 is 5.09. The second-order valence-corrected chi connectivity index (χ2v) is 7.84. The number of allylic oxidation sites excluding steroid dienone is 2. The molecule has 162 valence electrons. The van der Waals surface area contributed by atoms with Gasteiger partial charge in [0.15, 0.2) is 5.78 Å². The highest BCUT2D eigenvalue weighted by molar-refractivity contribution is 6.11. The molecule has 0 aliphatic heterocycles. The van der Waals surface area contributed by atoms with E-state index in [1.165, 1.54) is 7.11 Å². The second-order valence-electron chi connectivity index (χ2n) is 7.84. The lowest BCUT2D eigenvalue weighted by Gasteiger charge is -2.30. The van der Waals surface area contributed by atoms with Gasteiger partial charge in [-0.3, -0.25) is 4.79 Å². The van der Waals surface area contributed by atoms with Crippen molar-refractivity contribution in [1.29, 1.82) is 0 Å². The van der Waals surface area contributed by atoms with Crippen molar-refractivity contribution in [3.8, 4) is 11.8 Å². The lowest BCUT2D eigenvalue weighted by Crippen LogP contribution is -2.38. The normalized spacial score (nSPS) is 19.4. The van der Waals surface area contributed by atoms with Gasteiger partial charge in [0, 0.05) is 17.0 Å². The van der Waals surface area contributed by atoms with E-state index in [4.69, 9.17) is 4.74 Å². The summed E-state index contributed by atoms with van der Waals surface area (Å²) in [5.74, 6) is 5.34. The number of carbonyl (C=O) groups excluding carboxylic acids is 2. The molecule has 1 aliphatic carbocycles. The lowest BCUT2D eigenvalue weighted by molar-refractivity contribution is -0.136. The molecule has 0 fully saturated rings. The number of hydrogen-bond acceptors (Lipinski definition) is 3. The van der Waals surface area contributed by atoms with E-state index in [1.807, 2.05) is 91.0 Å². The van der Waals surface area contributed by atoms with Crippen LogP contribution in [0.1, 0.15) is 27.9 Å². The van der Waals surface area contributed by atoms with Crippen molar-refractivity contribution in [1.82, 2.24) is 0 Å². The molecule has 0 saturated carbocycles. The summed E-state index contributed by atoms with van der Waals surface area (Å²) in [6, 6.07) is 28.4. The second kappa shape index (κ2) is 9.97. The van der Waals surface area contributed by atoms with Gasteiger partial charge in [0.05, 0.1) is 12.7 Å². The van der Waals surface area contributed by atoms with Crippen LogP contribution >= 0.6 is 0 Å². The molecule has 0 unspecified atom stereocenters. The highest BCUT2D eigenvalue weighted by Gasteiger charge is 2.52. The summed E-state index contributed by atoms with van der Waals surface area (Å²) >= 11 is 0. The Bertz CT molecular complexity index is 1250. The molecule has 0 radical (unpaired) electrons. The zero-order valence-electron chi connectivity index (χ0n) is 18.4. The molecule has 3 aromatic carbocycles. The molecule has 0 amide bonds. The molecule has 0 heterocycles. The number of methoxy groups -OCH3 is 1. The number of carbonyl (C=O) groups is 2. The van der Waals surface area contributed by atoms with Gasteiger partial charge in [-0.05, 0) is 24.1 Å². The maximum atomic E-state index is 14.1. The van der Waals surface area contributed by atoms with Gasteiger partial charge in [-0.15, -0.1) is 0 Å². The lowest BCUT2D eigenvalue weighted by atomic mass is 9.68. The minimum absolute atomic E-state index is 0.205. The first-order valence-corrected chi connectivity index (χ1v) is 10.9. The van der Waals surface area contributed by atoms with Crippen LogP contribution in [0, 0.1) is 23.2 Å². The van der Waals surface area contributed by atoms with Gasteiger partial charge < -0.3 is 4.74 Å². The van der Waals surface area contributed by atoms with Gasteiger partial charge in [0.1, 0.15) is 5.41 Å². The molecule has 33 heavy (non-hydrogen) atoms. The SMILES string of the molecule is COC(=O)C1=CC[C@@H](/C=C/c2ccccc2)[C@]1(C#Cc1ccccc1)C(=O)c1ccccc1. The highest BCUT2D eigenvalue weighted by Crippen LogP contribution is 2.47. The molecule has 3 nitrogen and oxygen atoms in total. The first-order valence-electron chi connectivity index (χ1n) is 10.9. The first-order chi connectivity index (χ1) is 16.1. The third kappa shape index (κ3) is 4.56. The molecule has 3 aromatic rings. The predicted octanol–water partition coefficient (Wildman–Crippen LogP) is 5.74. The predicted molar refractivity (Wildman–Crippen MR) is 130 cm³/mol. The van der Waals surface area contributed by atoms with Gasteiger partial charge >= 0.3 is 5.97 Å². The average molecular weight is 433 g/mol. The van der Waals surface area contributed by atoms with Crippen molar-refractivity contribution in [2.45, 2.75) is 6.42 Å². The maximum absolute atomic E-state index is 14.1. The summed E-state index contributed by atoms with van der Waals surface area (Å²) in [6.07, 6.45) is 6.28. The zero-order valence-corrected chi connectivity index (χ0v) is 18.4. The van der Waals surface area contributed by atoms with Crippen molar-refractivity contribution in [2.75, 3.05) is 7.11 Å². The third-order valence-electron chi connectivity index (χ3n) is 5.85. The fourth-order valence-electron chi connectivity index (χ4n) is 4.17. The van der Waals surface area contributed by atoms with Crippen LogP contribution in [0.4, 0.5) is 0 Å². The minimum Gasteiger partial charge on any atom is -0.466 e. The largest absolute Gasteiger partial charge is 0.466 e. The molecule has 0 aromatic heterocycles. The maximum Gasteiger partial charge on any atom is 0.335 e. The van der Waals surface area contributed by atoms with E-state index >= 15 is 0 Å². The summed E-state index contributed by atoms with van der Waals surface area (Å²) in [4.78, 5) is 26.9. The van der Waals surface area contributed by atoms with E-state index in [9.17, 15) is 9.59 Å². The molecule has 1 aliphatic rings. The fraction of sp³-hybridized carbons (Fsp3) is 0.133. The topological polar surface area (TPSA) is 43.4 Å². The smallest absolute Gasteiger partial charge is 0.335 e. The number of Topliss-reactive ketones (excluding diaryl/α,β-unsaturated/α-hetero) is 1. The summed E-state index contributed by atoms with van der Waals surface area (Å²) in [5, 5.41) is 0. The molecule has 0 bridgehead atoms. The number of benzene rings is 3. The molecule has 0 N–H and O–H groups in total. The third-order valence-corrected chi connectivity index (χ3v) is 5.85. The molecule has 0 saturated heterocycles. The first kappa shape index (κ1) is 22.0. The van der Waals surface area contributed by atoms with Crippen molar-refractivity contribution in [3.05, 3.63) is 125 Å². The average Bonchev–Trinajstić information content (AvgIpc) is 3.26. The summed E-state index contributed by atoms with van der Waals surface area (Å²) in [6.45, 7) is 0. The van der Waals surface area contributed by atoms with Crippen LogP contribution in [-0.2, 0) is 9.53 Å². The van der Waals surface area contributed by atoms with Crippen LogP contribution in [-0.4, -0.2) is 18.9 Å². The van der Waals surface area contributed by atoms with Crippen LogP contribution < -0.4 is 0 Å². The van der Waals surface area contributed by atoms with Crippen molar-refractivity contribution in [3.63, 3.8) is 0 Å². The number of ether oxygens (including phenoxy) is 1. The Morgan fingerprint density at radius 3 is 2.15 bits per heavy atom. The zero-order chi connectivity index (χ0) is 23.1. The Labute approximate surface area is 194 Å². The van der Waals surface area contributed by atoms with Crippen molar-refractivity contribution in [2.24, 2.45) is 11.3 Å². The van der Waals surface area contributed by atoms with Crippen molar-refractivity contribution >= 4 is 17.8 Å². The minimum atomic E-state index is -1.35. The molecule has 2 atom stereocenters. The number of rotatable bonds is 5. The molecular weight excluding hydrogens is 408 g/mol. The number of hydrogen-bond donors (Lipinski definition) is 0. The van der Waals surface area contributed by atoms with E-state index < -0.39 is 11.4 Å². The number of ketones is 1. The van der Waals surface area contributed by atoms with E-state index in [2.05, 4.69) is 11.8 Å². The Morgan fingerprint density at radius 1 is 0.909 bits per heavy atom. The molecule has 3 heteroatoms. The summed E-state index contributed by atoms with van der Waals surface area (Å²) in [7, 11) is 1.33. The fourth-order valence-corrected chi connectivity index (χ4v) is 4.17. The van der Waals surface area contributed by atoms with Crippen LogP contribution in [0.15, 0.2) is 109 Å². The van der Waals surface area contributed by atoms with E-state index in [0.29, 0.717) is 17.6 Å². The Balaban J connectivity index is 1.88.